The molecule has 3 heteroatoms. The topological polar surface area (TPSA) is 40.5 Å². The molecule has 0 spiro atoms. The molecule has 0 aromatic heterocycles. The molecule has 98 valence electrons. The van der Waals surface area contributed by atoms with Gasteiger partial charge >= 0.3 is 5.97 Å². The van der Waals surface area contributed by atoms with Crippen LogP contribution in [0.1, 0.15) is 37.3 Å². The monoisotopic (exact) mass is 247 g/mol. The maximum Gasteiger partial charge on any atom is 0.328 e. The van der Waals surface area contributed by atoms with E-state index < -0.39 is 11.5 Å². The van der Waals surface area contributed by atoms with Gasteiger partial charge in [-0.1, -0.05) is 30.7 Å². The lowest BCUT2D eigenvalue weighted by Crippen LogP contribution is -2.52. The summed E-state index contributed by atoms with van der Waals surface area (Å²) in [6.07, 6.45) is 3.39. The normalized spacial score (nSPS) is 20.3. The molecule has 3 nitrogen and oxygen atoms in total. The Hall–Kier alpha value is -1.35. The van der Waals surface area contributed by atoms with Crippen LogP contribution in [0.25, 0.3) is 0 Å². The molecule has 0 bridgehead atoms. The molecule has 1 aliphatic heterocycles. The van der Waals surface area contributed by atoms with E-state index in [0.717, 1.165) is 37.1 Å². The molecule has 0 unspecified atom stereocenters. The molecule has 1 aromatic rings. The van der Waals surface area contributed by atoms with Crippen LogP contribution in [0.3, 0.4) is 0 Å². The lowest BCUT2D eigenvalue weighted by molar-refractivity contribution is -0.152. The van der Waals surface area contributed by atoms with Gasteiger partial charge in [-0.25, -0.2) is 4.79 Å². The van der Waals surface area contributed by atoms with Crippen LogP contribution in [-0.2, 0) is 10.3 Å². The Kier molecular flexibility index (Phi) is 3.71. The van der Waals surface area contributed by atoms with E-state index in [1.54, 1.807) is 0 Å². The third kappa shape index (κ3) is 2.15. The SMILES string of the molecule is Cc1ccccc1[C@@](C)(C(=O)O)N1CCCCC1. The van der Waals surface area contributed by atoms with Gasteiger partial charge in [-0.2, -0.15) is 0 Å². The Bertz CT molecular complexity index is 438. The van der Waals surface area contributed by atoms with E-state index in [4.69, 9.17) is 0 Å². The van der Waals surface area contributed by atoms with Crippen molar-refractivity contribution in [2.45, 2.75) is 38.6 Å². The lowest BCUT2D eigenvalue weighted by atomic mass is 9.85. The first-order chi connectivity index (χ1) is 8.56. The number of carboxylic acids is 1. The van der Waals surface area contributed by atoms with Crippen LogP contribution in [0.15, 0.2) is 24.3 Å². The summed E-state index contributed by atoms with van der Waals surface area (Å²) in [6.45, 7) is 5.57. The number of hydrogen-bond donors (Lipinski definition) is 1. The maximum absolute atomic E-state index is 11.8. The van der Waals surface area contributed by atoms with Crippen LogP contribution in [-0.4, -0.2) is 29.1 Å². The molecule has 1 fully saturated rings. The summed E-state index contributed by atoms with van der Waals surface area (Å²) in [5, 5.41) is 9.72. The van der Waals surface area contributed by atoms with E-state index in [0.29, 0.717) is 0 Å². The van der Waals surface area contributed by atoms with Crippen molar-refractivity contribution in [1.82, 2.24) is 4.90 Å². The molecule has 1 heterocycles. The highest BCUT2D eigenvalue weighted by Gasteiger charge is 2.42. The van der Waals surface area contributed by atoms with Crippen molar-refractivity contribution in [1.29, 1.82) is 0 Å². The molecular weight excluding hydrogens is 226 g/mol. The highest BCUT2D eigenvalue weighted by Crippen LogP contribution is 2.33. The van der Waals surface area contributed by atoms with Gasteiger partial charge in [0.15, 0.2) is 0 Å². The average Bonchev–Trinajstić information content (AvgIpc) is 2.39. The van der Waals surface area contributed by atoms with Crippen molar-refractivity contribution in [3.05, 3.63) is 35.4 Å². The number of carbonyl (C=O) groups is 1. The van der Waals surface area contributed by atoms with E-state index in [9.17, 15) is 9.90 Å². The molecule has 1 aromatic carbocycles. The maximum atomic E-state index is 11.8. The van der Waals surface area contributed by atoms with Crippen LogP contribution < -0.4 is 0 Å². The Morgan fingerprint density at radius 2 is 1.83 bits per heavy atom. The Balaban J connectivity index is 2.43. The minimum absolute atomic E-state index is 0.751. The molecule has 1 saturated heterocycles. The predicted octanol–water partition coefficient (Wildman–Crippen LogP) is 2.78. The number of likely N-dealkylation sites (tertiary alicyclic amines) is 1. The second-order valence-corrected chi connectivity index (χ2v) is 5.24. The second-order valence-electron chi connectivity index (χ2n) is 5.24. The minimum Gasteiger partial charge on any atom is -0.480 e. The number of aliphatic carboxylic acids is 1. The van der Waals surface area contributed by atoms with Gasteiger partial charge in [-0.05, 0) is 50.9 Å². The van der Waals surface area contributed by atoms with Gasteiger partial charge in [0.25, 0.3) is 0 Å². The summed E-state index contributed by atoms with van der Waals surface area (Å²) in [5.41, 5.74) is 1.07. The summed E-state index contributed by atoms with van der Waals surface area (Å²) >= 11 is 0. The van der Waals surface area contributed by atoms with Crippen LogP contribution >= 0.6 is 0 Å². The lowest BCUT2D eigenvalue weighted by Gasteiger charge is -2.41. The van der Waals surface area contributed by atoms with E-state index in [1.807, 2.05) is 38.1 Å². The first-order valence-electron chi connectivity index (χ1n) is 6.61. The zero-order valence-corrected chi connectivity index (χ0v) is 11.1. The summed E-state index contributed by atoms with van der Waals surface area (Å²) in [7, 11) is 0. The van der Waals surface area contributed by atoms with Crippen LogP contribution in [0, 0.1) is 6.92 Å². The molecule has 0 radical (unpaired) electrons. The van der Waals surface area contributed by atoms with Gasteiger partial charge in [-0.3, -0.25) is 4.90 Å². The van der Waals surface area contributed by atoms with Gasteiger partial charge in [0.05, 0.1) is 0 Å². The van der Waals surface area contributed by atoms with Crippen molar-refractivity contribution < 1.29 is 9.90 Å². The predicted molar refractivity (Wildman–Crippen MR) is 71.6 cm³/mol. The zero-order valence-electron chi connectivity index (χ0n) is 11.1. The number of rotatable bonds is 3. The first kappa shape index (κ1) is 13.1. The van der Waals surface area contributed by atoms with E-state index >= 15 is 0 Å². The fourth-order valence-corrected chi connectivity index (χ4v) is 2.88. The summed E-state index contributed by atoms with van der Waals surface area (Å²) in [4.78, 5) is 13.9. The zero-order chi connectivity index (χ0) is 13.2. The highest BCUT2D eigenvalue weighted by atomic mass is 16.4. The van der Waals surface area contributed by atoms with Crippen molar-refractivity contribution in [3.63, 3.8) is 0 Å². The molecule has 2 rings (SSSR count). The summed E-state index contributed by atoms with van der Waals surface area (Å²) in [5.74, 6) is -0.751. The number of nitrogens with zero attached hydrogens (tertiary/aromatic N) is 1. The smallest absolute Gasteiger partial charge is 0.328 e. The molecule has 0 amide bonds. The first-order valence-corrected chi connectivity index (χ1v) is 6.61. The summed E-state index contributed by atoms with van der Waals surface area (Å²) in [6, 6.07) is 7.81. The Morgan fingerprint density at radius 3 is 2.39 bits per heavy atom. The Labute approximate surface area is 108 Å². The molecule has 18 heavy (non-hydrogen) atoms. The van der Waals surface area contributed by atoms with Crippen molar-refractivity contribution >= 4 is 5.97 Å². The van der Waals surface area contributed by atoms with E-state index in [1.165, 1.54) is 6.42 Å². The minimum atomic E-state index is -0.897. The number of hydrogen-bond acceptors (Lipinski definition) is 2. The number of benzene rings is 1. The van der Waals surface area contributed by atoms with Gasteiger partial charge in [-0.15, -0.1) is 0 Å². The van der Waals surface area contributed by atoms with Gasteiger partial charge in [0.2, 0.25) is 0 Å². The van der Waals surface area contributed by atoms with Gasteiger partial charge in [0, 0.05) is 0 Å². The van der Waals surface area contributed by atoms with Crippen molar-refractivity contribution in [2.24, 2.45) is 0 Å². The second kappa shape index (κ2) is 5.11. The molecule has 1 atom stereocenters. The number of carboxylic acid groups (broad SMARTS) is 1. The molecule has 1 N–H and O–H groups in total. The fourth-order valence-electron chi connectivity index (χ4n) is 2.88. The van der Waals surface area contributed by atoms with Crippen LogP contribution in [0.2, 0.25) is 0 Å². The number of piperidine rings is 1. The standard InChI is InChI=1S/C15H21NO2/c1-12-8-4-5-9-13(12)15(2,14(17)18)16-10-6-3-7-11-16/h4-5,8-9H,3,6-7,10-11H2,1-2H3,(H,17,18)/t15-/m0/s1. The van der Waals surface area contributed by atoms with E-state index in [-0.39, 0.29) is 0 Å². The van der Waals surface area contributed by atoms with Gasteiger partial charge < -0.3 is 5.11 Å². The quantitative estimate of drug-likeness (QED) is 0.893. The molecule has 1 aliphatic rings. The largest absolute Gasteiger partial charge is 0.480 e. The molecular formula is C15H21NO2. The van der Waals surface area contributed by atoms with Crippen molar-refractivity contribution in [2.75, 3.05) is 13.1 Å². The Morgan fingerprint density at radius 1 is 1.22 bits per heavy atom. The van der Waals surface area contributed by atoms with Crippen molar-refractivity contribution in [3.8, 4) is 0 Å². The fraction of sp³-hybridized carbons (Fsp3) is 0.533. The molecule has 0 saturated carbocycles. The third-order valence-electron chi connectivity index (χ3n) is 4.07. The van der Waals surface area contributed by atoms with E-state index in [2.05, 4.69) is 4.90 Å². The highest BCUT2D eigenvalue weighted by molar-refractivity contribution is 5.80. The van der Waals surface area contributed by atoms with Crippen LogP contribution in [0.5, 0.6) is 0 Å². The average molecular weight is 247 g/mol. The molecule has 0 aliphatic carbocycles. The number of aryl methyl sites for hydroxylation is 1. The van der Waals surface area contributed by atoms with Gasteiger partial charge in [0.1, 0.15) is 5.54 Å². The van der Waals surface area contributed by atoms with Crippen LogP contribution in [0.4, 0.5) is 0 Å². The summed E-state index contributed by atoms with van der Waals surface area (Å²) < 4.78 is 0. The third-order valence-corrected chi connectivity index (χ3v) is 4.07.